The highest BCUT2D eigenvalue weighted by Crippen LogP contribution is 2.68. The van der Waals surface area contributed by atoms with Gasteiger partial charge < -0.3 is 16.2 Å². The van der Waals surface area contributed by atoms with E-state index in [9.17, 15) is 0 Å². The quantitative estimate of drug-likeness (QED) is 0.345. The van der Waals surface area contributed by atoms with Crippen molar-refractivity contribution in [2.75, 3.05) is 11.5 Å². The summed E-state index contributed by atoms with van der Waals surface area (Å²) in [4.78, 5) is 0. The van der Waals surface area contributed by atoms with Gasteiger partial charge in [0.1, 0.15) is 0 Å². The van der Waals surface area contributed by atoms with E-state index >= 15 is 0 Å². The molecule has 0 saturated heterocycles. The molecule has 4 fully saturated rings. The highest BCUT2D eigenvalue weighted by Gasteiger charge is 2.60. The Morgan fingerprint density at radius 3 is 2.43 bits per heavy atom. The molecule has 0 aliphatic heterocycles. The molecule has 9 atom stereocenters. The Morgan fingerprint density at radius 1 is 0.892 bits per heavy atom. The van der Waals surface area contributed by atoms with Crippen molar-refractivity contribution in [1.82, 2.24) is 0 Å². The zero-order chi connectivity index (χ0) is 26.4. The number of hydrogen-bond acceptors (Lipinski definition) is 3. The molecule has 37 heavy (non-hydrogen) atoms. The van der Waals surface area contributed by atoms with Crippen molar-refractivity contribution >= 4 is 11.4 Å². The predicted molar refractivity (Wildman–Crippen MR) is 157 cm³/mol. The fourth-order valence-electron chi connectivity index (χ4n) is 10.4. The van der Waals surface area contributed by atoms with Crippen LogP contribution in [0, 0.1) is 52.3 Å². The third-order valence-electron chi connectivity index (χ3n) is 12.5. The van der Waals surface area contributed by atoms with Gasteiger partial charge in [-0.2, -0.15) is 0 Å². The molecule has 0 amide bonds. The van der Waals surface area contributed by atoms with Gasteiger partial charge >= 0.3 is 0 Å². The van der Waals surface area contributed by atoms with Crippen molar-refractivity contribution in [3.05, 3.63) is 23.8 Å². The zero-order valence-corrected chi connectivity index (χ0v) is 24.6. The van der Waals surface area contributed by atoms with E-state index in [1.165, 1.54) is 77.0 Å². The Kier molecular flexibility index (Phi) is 7.94. The summed E-state index contributed by atoms with van der Waals surface area (Å²) in [6, 6.07) is 5.76. The van der Waals surface area contributed by atoms with Gasteiger partial charge in [0.15, 0.2) is 0 Å². The number of nitrogens with two attached hydrogens (primary N) is 2. The summed E-state index contributed by atoms with van der Waals surface area (Å²) in [5, 5.41) is 0. The number of hydrogen-bond donors (Lipinski definition) is 2. The van der Waals surface area contributed by atoms with E-state index in [4.69, 9.17) is 16.2 Å². The molecular weight excluding hydrogens is 452 g/mol. The second kappa shape index (κ2) is 10.7. The maximum atomic E-state index is 6.47. The molecule has 1 aromatic rings. The molecule has 4 saturated carbocycles. The van der Waals surface area contributed by atoms with E-state index in [-0.39, 0.29) is 0 Å². The first-order valence-corrected chi connectivity index (χ1v) is 15.9. The van der Waals surface area contributed by atoms with Crippen LogP contribution in [-0.2, 0) is 11.3 Å². The van der Waals surface area contributed by atoms with Crippen molar-refractivity contribution in [2.45, 2.75) is 124 Å². The molecule has 4 N–H and O–H groups in total. The third kappa shape index (κ3) is 5.20. The zero-order valence-electron chi connectivity index (χ0n) is 24.6. The van der Waals surface area contributed by atoms with E-state index in [0.29, 0.717) is 23.5 Å². The summed E-state index contributed by atoms with van der Waals surface area (Å²) in [6.07, 6.45) is 17.3. The Hall–Kier alpha value is -1.22. The van der Waals surface area contributed by atoms with Crippen molar-refractivity contribution in [2.24, 2.45) is 52.3 Å². The van der Waals surface area contributed by atoms with Crippen LogP contribution < -0.4 is 11.5 Å². The molecule has 4 aliphatic carbocycles. The molecule has 5 rings (SSSR count). The van der Waals surface area contributed by atoms with Crippen molar-refractivity contribution < 1.29 is 4.74 Å². The highest BCUT2D eigenvalue weighted by molar-refractivity contribution is 5.54. The highest BCUT2D eigenvalue weighted by atomic mass is 16.5. The van der Waals surface area contributed by atoms with Gasteiger partial charge in [-0.25, -0.2) is 0 Å². The smallest absolute Gasteiger partial charge is 0.0741 e. The Morgan fingerprint density at radius 2 is 1.65 bits per heavy atom. The molecule has 0 bridgehead atoms. The predicted octanol–water partition coefficient (Wildman–Crippen LogP) is 8.86. The first kappa shape index (κ1) is 27.4. The largest absolute Gasteiger partial charge is 0.399 e. The molecule has 0 radical (unpaired) electrons. The molecule has 9 unspecified atom stereocenters. The number of anilines is 2. The summed E-state index contributed by atoms with van der Waals surface area (Å²) < 4.78 is 6.47. The Balaban J connectivity index is 1.20. The maximum Gasteiger partial charge on any atom is 0.0741 e. The minimum Gasteiger partial charge on any atom is -0.399 e. The van der Waals surface area contributed by atoms with Crippen LogP contribution in [0.2, 0.25) is 0 Å². The average molecular weight is 509 g/mol. The van der Waals surface area contributed by atoms with Crippen LogP contribution in [-0.4, -0.2) is 6.10 Å². The molecular formula is C34H56N2O. The number of nitrogen functional groups attached to an aromatic ring is 2. The van der Waals surface area contributed by atoms with Gasteiger partial charge in [0.2, 0.25) is 0 Å². The third-order valence-corrected chi connectivity index (χ3v) is 12.5. The van der Waals surface area contributed by atoms with E-state index in [0.717, 1.165) is 58.4 Å². The normalized spacial score (nSPS) is 40.2. The van der Waals surface area contributed by atoms with Gasteiger partial charge in [0, 0.05) is 16.9 Å². The fraction of sp³-hybridized carbons (Fsp3) is 0.824. The van der Waals surface area contributed by atoms with E-state index in [2.05, 4.69) is 34.6 Å². The van der Waals surface area contributed by atoms with Gasteiger partial charge in [-0.1, -0.05) is 53.9 Å². The van der Waals surface area contributed by atoms with E-state index in [1.807, 2.05) is 18.2 Å². The lowest BCUT2D eigenvalue weighted by atomic mass is 9.44. The SMILES string of the molecule is CC(C)CCCC(C)C1CCC2C3CCC4CC(OCc5cc(N)ccc5N)CCC4(C)C3CCC12C. The maximum absolute atomic E-state index is 6.47. The molecule has 3 heteroatoms. The second-order valence-electron chi connectivity index (χ2n) is 14.9. The van der Waals surface area contributed by atoms with Gasteiger partial charge in [0.25, 0.3) is 0 Å². The van der Waals surface area contributed by atoms with Crippen molar-refractivity contribution in [3.8, 4) is 0 Å². The summed E-state index contributed by atoms with van der Waals surface area (Å²) in [5.74, 6) is 6.41. The summed E-state index contributed by atoms with van der Waals surface area (Å²) in [6.45, 7) is 13.4. The molecule has 0 spiro atoms. The first-order chi connectivity index (χ1) is 17.6. The number of ether oxygens (including phenoxy) is 1. The van der Waals surface area contributed by atoms with Crippen LogP contribution >= 0.6 is 0 Å². The summed E-state index contributed by atoms with van der Waals surface area (Å²) in [5.41, 5.74) is 15.9. The van der Waals surface area contributed by atoms with E-state index < -0.39 is 0 Å². The summed E-state index contributed by atoms with van der Waals surface area (Å²) in [7, 11) is 0. The Labute approximate surface area is 227 Å². The van der Waals surface area contributed by atoms with Gasteiger partial charge in [0.05, 0.1) is 12.7 Å². The topological polar surface area (TPSA) is 61.3 Å². The minimum atomic E-state index is 0.367. The van der Waals surface area contributed by atoms with Crippen LogP contribution in [0.3, 0.4) is 0 Å². The van der Waals surface area contributed by atoms with Gasteiger partial charge in [-0.15, -0.1) is 0 Å². The molecule has 4 aliphatic rings. The average Bonchev–Trinajstić information content (AvgIpc) is 3.21. The van der Waals surface area contributed by atoms with Gasteiger partial charge in [-0.05, 0) is 128 Å². The Bertz CT molecular complexity index is 928. The number of benzene rings is 1. The fourth-order valence-corrected chi connectivity index (χ4v) is 10.4. The van der Waals surface area contributed by atoms with Crippen LogP contribution in [0.1, 0.15) is 117 Å². The van der Waals surface area contributed by atoms with Crippen LogP contribution in [0.25, 0.3) is 0 Å². The second-order valence-corrected chi connectivity index (χ2v) is 14.9. The molecule has 3 nitrogen and oxygen atoms in total. The standard InChI is InChI=1S/C34H56N2O/c1-22(2)7-6-8-23(3)29-12-13-30-28-11-9-25-20-27(37-21-24-19-26(35)10-14-32(24)36)15-17-33(25,4)31(28)16-18-34(29,30)5/h10,14,19,22-23,25,27-31H,6-9,11-13,15-18,20-21,35-36H2,1-5H3. The van der Waals surface area contributed by atoms with Gasteiger partial charge in [-0.3, -0.25) is 0 Å². The molecule has 0 heterocycles. The lowest BCUT2D eigenvalue weighted by molar-refractivity contribution is -0.138. The lowest BCUT2D eigenvalue weighted by Crippen LogP contribution is -2.54. The first-order valence-electron chi connectivity index (χ1n) is 15.9. The monoisotopic (exact) mass is 508 g/mol. The molecule has 0 aromatic heterocycles. The van der Waals surface area contributed by atoms with Crippen LogP contribution in [0.5, 0.6) is 0 Å². The number of fused-ring (bicyclic) bond motifs is 5. The summed E-state index contributed by atoms with van der Waals surface area (Å²) >= 11 is 0. The van der Waals surface area contributed by atoms with Crippen molar-refractivity contribution in [1.29, 1.82) is 0 Å². The molecule has 1 aromatic carbocycles. The van der Waals surface area contributed by atoms with Crippen LogP contribution in [0.15, 0.2) is 18.2 Å². The van der Waals surface area contributed by atoms with Crippen molar-refractivity contribution in [3.63, 3.8) is 0 Å². The minimum absolute atomic E-state index is 0.367. The lowest BCUT2D eigenvalue weighted by Gasteiger charge is -2.61. The van der Waals surface area contributed by atoms with Crippen LogP contribution in [0.4, 0.5) is 11.4 Å². The molecule has 208 valence electrons. The van der Waals surface area contributed by atoms with E-state index in [1.54, 1.807) is 0 Å². The number of rotatable bonds is 8.